The van der Waals surface area contributed by atoms with Crippen LogP contribution in [0.5, 0.6) is 0 Å². The monoisotopic (exact) mass is 514 g/mol. The molecule has 0 saturated heterocycles. The molecule has 0 spiro atoms. The standard InChI is InChI=1S/C31H34N2O3S/c1-37(35,36)33(21-22-5-3-2-4-6-22)29-13-7-26(8-14-29)30(34)32-28-11-9-27(10-12-28)31-18-23-15-24(19-31)17-25(16-23)20-31/h2-14,23-25H,15-21H2,1H3,(H,32,34). The van der Waals surface area contributed by atoms with Crippen LogP contribution in [0, 0.1) is 17.8 Å². The number of nitrogens with one attached hydrogen (secondary N) is 1. The van der Waals surface area contributed by atoms with Gasteiger partial charge in [-0.2, -0.15) is 0 Å². The van der Waals surface area contributed by atoms with E-state index in [2.05, 4.69) is 17.4 Å². The van der Waals surface area contributed by atoms with Crippen LogP contribution in [0.3, 0.4) is 0 Å². The maximum atomic E-state index is 12.9. The lowest BCUT2D eigenvalue weighted by molar-refractivity contribution is -0.00518. The third-order valence-electron chi connectivity index (χ3n) is 8.78. The van der Waals surface area contributed by atoms with Gasteiger partial charge in [0.15, 0.2) is 0 Å². The van der Waals surface area contributed by atoms with Crippen molar-refractivity contribution in [3.8, 4) is 0 Å². The Morgan fingerprint density at radius 3 is 1.95 bits per heavy atom. The second kappa shape index (κ2) is 9.32. The number of sulfonamides is 1. The molecule has 4 saturated carbocycles. The SMILES string of the molecule is CS(=O)(=O)N(Cc1ccccc1)c1ccc(C(=O)Nc2ccc(C34CC5CC(CC(C5)C3)C4)cc2)cc1. The molecule has 7 rings (SSSR count). The molecule has 5 nitrogen and oxygen atoms in total. The summed E-state index contributed by atoms with van der Waals surface area (Å²) in [5, 5.41) is 3.01. The zero-order valence-electron chi connectivity index (χ0n) is 21.3. The average Bonchev–Trinajstić information content (AvgIpc) is 2.87. The summed E-state index contributed by atoms with van der Waals surface area (Å²) < 4.78 is 26.3. The summed E-state index contributed by atoms with van der Waals surface area (Å²) in [4.78, 5) is 12.9. The first-order valence-electron chi connectivity index (χ1n) is 13.3. The van der Waals surface area contributed by atoms with Crippen molar-refractivity contribution < 1.29 is 13.2 Å². The van der Waals surface area contributed by atoms with E-state index in [9.17, 15) is 13.2 Å². The highest BCUT2D eigenvalue weighted by atomic mass is 32.2. The van der Waals surface area contributed by atoms with Crippen LogP contribution >= 0.6 is 0 Å². The van der Waals surface area contributed by atoms with Crippen molar-refractivity contribution >= 4 is 27.3 Å². The summed E-state index contributed by atoms with van der Waals surface area (Å²) in [7, 11) is -3.49. The molecule has 1 amide bonds. The number of nitrogens with zero attached hydrogens (tertiary/aromatic N) is 1. The van der Waals surface area contributed by atoms with E-state index in [1.54, 1.807) is 24.3 Å². The molecule has 3 aromatic rings. The molecule has 192 valence electrons. The van der Waals surface area contributed by atoms with Crippen LogP contribution in [0.2, 0.25) is 0 Å². The quantitative estimate of drug-likeness (QED) is 0.398. The molecule has 0 atom stereocenters. The van der Waals surface area contributed by atoms with Gasteiger partial charge in [0.1, 0.15) is 0 Å². The number of carbonyl (C=O) groups is 1. The van der Waals surface area contributed by atoms with E-state index in [0.29, 0.717) is 16.7 Å². The summed E-state index contributed by atoms with van der Waals surface area (Å²) in [5.74, 6) is 2.50. The van der Waals surface area contributed by atoms with Crippen LogP contribution in [0.4, 0.5) is 11.4 Å². The fourth-order valence-electron chi connectivity index (χ4n) is 7.50. The predicted octanol–water partition coefficient (Wildman–Crippen LogP) is 6.37. The Hall–Kier alpha value is -3.12. The van der Waals surface area contributed by atoms with Crippen LogP contribution in [0.25, 0.3) is 0 Å². The van der Waals surface area contributed by atoms with Crippen LogP contribution in [0.1, 0.15) is 60.0 Å². The molecule has 6 heteroatoms. The Kier molecular flexibility index (Phi) is 6.10. The number of anilines is 2. The zero-order chi connectivity index (χ0) is 25.6. The van der Waals surface area contributed by atoms with E-state index in [0.717, 1.165) is 29.0 Å². The summed E-state index contributed by atoms with van der Waals surface area (Å²) in [6.07, 6.45) is 9.47. The van der Waals surface area contributed by atoms with Gasteiger partial charge in [0.05, 0.1) is 18.5 Å². The normalized spacial score (nSPS) is 26.1. The van der Waals surface area contributed by atoms with Crippen molar-refractivity contribution in [1.82, 2.24) is 0 Å². The molecule has 0 heterocycles. The lowest BCUT2D eigenvalue weighted by atomic mass is 9.48. The maximum absolute atomic E-state index is 12.9. The van der Waals surface area contributed by atoms with Gasteiger partial charge >= 0.3 is 0 Å². The fraction of sp³-hybridized carbons (Fsp3) is 0.387. The lowest BCUT2D eigenvalue weighted by Gasteiger charge is -2.57. The molecule has 4 fully saturated rings. The van der Waals surface area contributed by atoms with Gasteiger partial charge in [-0.15, -0.1) is 0 Å². The van der Waals surface area contributed by atoms with Gasteiger partial charge in [-0.05, 0) is 109 Å². The van der Waals surface area contributed by atoms with Crippen LogP contribution in [-0.2, 0) is 22.0 Å². The van der Waals surface area contributed by atoms with E-state index < -0.39 is 10.0 Å². The largest absolute Gasteiger partial charge is 0.322 e. The van der Waals surface area contributed by atoms with Crippen molar-refractivity contribution in [3.63, 3.8) is 0 Å². The average molecular weight is 515 g/mol. The molecule has 4 aliphatic carbocycles. The van der Waals surface area contributed by atoms with Gasteiger partial charge in [0.2, 0.25) is 10.0 Å². The molecular formula is C31H34N2O3S. The van der Waals surface area contributed by atoms with Crippen LogP contribution in [0.15, 0.2) is 78.9 Å². The minimum atomic E-state index is -3.49. The number of hydrogen-bond donors (Lipinski definition) is 1. The minimum absolute atomic E-state index is 0.205. The molecule has 37 heavy (non-hydrogen) atoms. The summed E-state index contributed by atoms with van der Waals surface area (Å²) >= 11 is 0. The third-order valence-corrected chi connectivity index (χ3v) is 9.92. The van der Waals surface area contributed by atoms with Crippen molar-refractivity contribution in [2.75, 3.05) is 15.9 Å². The van der Waals surface area contributed by atoms with Gasteiger partial charge in [-0.3, -0.25) is 9.10 Å². The Morgan fingerprint density at radius 1 is 0.838 bits per heavy atom. The smallest absolute Gasteiger partial charge is 0.255 e. The highest BCUT2D eigenvalue weighted by Crippen LogP contribution is 2.60. The number of benzene rings is 3. The van der Waals surface area contributed by atoms with Crippen molar-refractivity contribution in [1.29, 1.82) is 0 Å². The second-order valence-electron chi connectivity index (χ2n) is 11.5. The number of carbonyl (C=O) groups excluding carboxylic acids is 1. The van der Waals surface area contributed by atoms with E-state index in [1.165, 1.54) is 54.6 Å². The van der Waals surface area contributed by atoms with E-state index in [1.807, 2.05) is 42.5 Å². The fourth-order valence-corrected chi connectivity index (χ4v) is 8.39. The van der Waals surface area contributed by atoms with E-state index in [4.69, 9.17) is 0 Å². The number of amides is 1. The van der Waals surface area contributed by atoms with Gasteiger partial charge in [0, 0.05) is 11.3 Å². The Labute approximate surface area is 220 Å². The molecular weight excluding hydrogens is 480 g/mol. The number of rotatable bonds is 7. The Balaban J connectivity index is 1.14. The Bertz CT molecular complexity index is 1350. The van der Waals surface area contributed by atoms with Gasteiger partial charge in [-0.25, -0.2) is 8.42 Å². The Morgan fingerprint density at radius 2 is 1.41 bits per heavy atom. The molecule has 4 bridgehead atoms. The zero-order valence-corrected chi connectivity index (χ0v) is 22.1. The van der Waals surface area contributed by atoms with Crippen molar-refractivity contribution in [2.24, 2.45) is 17.8 Å². The minimum Gasteiger partial charge on any atom is -0.322 e. The molecule has 0 radical (unpaired) electrons. The van der Waals surface area contributed by atoms with Gasteiger partial charge in [-0.1, -0.05) is 42.5 Å². The summed E-state index contributed by atoms with van der Waals surface area (Å²) in [5.41, 5.74) is 4.48. The molecule has 0 aliphatic heterocycles. The first kappa shape index (κ1) is 24.2. The van der Waals surface area contributed by atoms with Crippen LogP contribution in [-0.4, -0.2) is 20.6 Å². The molecule has 0 aromatic heterocycles. The van der Waals surface area contributed by atoms with E-state index >= 15 is 0 Å². The van der Waals surface area contributed by atoms with Crippen LogP contribution < -0.4 is 9.62 Å². The first-order chi connectivity index (χ1) is 17.8. The summed E-state index contributed by atoms with van der Waals surface area (Å²) in [6.45, 7) is 0.237. The molecule has 0 unspecified atom stereocenters. The molecule has 1 N–H and O–H groups in total. The highest BCUT2D eigenvalue weighted by Gasteiger charge is 2.51. The second-order valence-corrected chi connectivity index (χ2v) is 13.4. The summed E-state index contributed by atoms with van der Waals surface area (Å²) in [6, 6.07) is 24.7. The number of hydrogen-bond acceptors (Lipinski definition) is 3. The van der Waals surface area contributed by atoms with Gasteiger partial charge < -0.3 is 5.32 Å². The van der Waals surface area contributed by atoms with Crippen molar-refractivity contribution in [2.45, 2.75) is 50.5 Å². The third kappa shape index (κ3) is 4.91. The highest BCUT2D eigenvalue weighted by molar-refractivity contribution is 7.92. The first-order valence-corrected chi connectivity index (χ1v) is 15.2. The van der Waals surface area contributed by atoms with Crippen molar-refractivity contribution in [3.05, 3.63) is 95.6 Å². The predicted molar refractivity (Wildman–Crippen MR) is 148 cm³/mol. The van der Waals surface area contributed by atoms with E-state index in [-0.39, 0.29) is 12.5 Å². The maximum Gasteiger partial charge on any atom is 0.255 e. The topological polar surface area (TPSA) is 66.5 Å². The lowest BCUT2D eigenvalue weighted by Crippen LogP contribution is -2.48. The van der Waals surface area contributed by atoms with Gasteiger partial charge in [0.25, 0.3) is 5.91 Å². The molecule has 4 aliphatic rings. The molecule has 3 aromatic carbocycles.